The molecule has 0 aliphatic rings. The van der Waals surface area contributed by atoms with Gasteiger partial charge in [-0.25, -0.2) is 0 Å². The van der Waals surface area contributed by atoms with Crippen LogP contribution in [0.15, 0.2) is 53.5 Å². The summed E-state index contributed by atoms with van der Waals surface area (Å²) in [6, 6.07) is 8.80. The Bertz CT molecular complexity index is 831. The Morgan fingerprint density at radius 2 is 1.77 bits per heavy atom. The van der Waals surface area contributed by atoms with Gasteiger partial charge in [0.15, 0.2) is 6.61 Å². The summed E-state index contributed by atoms with van der Waals surface area (Å²) in [5.41, 5.74) is -0.199. The largest absolute Gasteiger partial charge is 0.573 e. The number of nitrogens with one attached hydrogen (secondary N) is 1. The van der Waals surface area contributed by atoms with Crippen molar-refractivity contribution in [2.75, 3.05) is 11.9 Å². The van der Waals surface area contributed by atoms with Crippen LogP contribution in [0.4, 0.5) is 18.9 Å². The highest BCUT2D eigenvalue weighted by Gasteiger charge is 2.30. The first-order valence-electron chi connectivity index (χ1n) is 7.20. The van der Waals surface area contributed by atoms with E-state index in [1.807, 2.05) is 0 Å². The van der Waals surface area contributed by atoms with E-state index in [4.69, 9.17) is 4.74 Å². The van der Waals surface area contributed by atoms with Crippen molar-refractivity contribution in [2.24, 2.45) is 0 Å². The molecule has 0 radical (unpaired) electrons. The topological polar surface area (TPSA) is 86.6 Å². The van der Waals surface area contributed by atoms with Gasteiger partial charge in [-0.05, 0) is 30.3 Å². The molecule has 1 aromatic heterocycles. The number of esters is 1. The van der Waals surface area contributed by atoms with Crippen LogP contribution in [-0.2, 0) is 20.9 Å². The predicted molar refractivity (Wildman–Crippen MR) is 83.4 cm³/mol. The zero-order valence-corrected chi connectivity index (χ0v) is 13.2. The maximum atomic E-state index is 12.0. The Labute approximate surface area is 145 Å². The minimum absolute atomic E-state index is 0.194. The summed E-state index contributed by atoms with van der Waals surface area (Å²) in [7, 11) is 0. The van der Waals surface area contributed by atoms with Crippen LogP contribution in [0.2, 0.25) is 0 Å². The summed E-state index contributed by atoms with van der Waals surface area (Å²) in [4.78, 5) is 34.7. The van der Waals surface area contributed by atoms with Gasteiger partial charge in [0.1, 0.15) is 12.3 Å². The summed E-state index contributed by atoms with van der Waals surface area (Å²) in [6.07, 6.45) is -3.41. The number of aromatic nitrogens is 1. The molecule has 0 bridgehead atoms. The Hall–Kier alpha value is -3.30. The standard InChI is InChI=1S/C16H13F3N2O5/c17-16(18,19)26-12-6-4-11(5-7-12)20-13(22)10-25-15(24)9-21-8-2-1-3-14(21)23/h1-8H,9-10H2,(H,20,22). The van der Waals surface area contributed by atoms with Gasteiger partial charge in [-0.1, -0.05) is 6.07 Å². The maximum Gasteiger partial charge on any atom is 0.573 e. The number of alkyl halides is 3. The van der Waals surface area contributed by atoms with E-state index in [-0.39, 0.29) is 12.2 Å². The number of rotatable bonds is 6. The fraction of sp³-hybridized carbons (Fsp3) is 0.188. The molecule has 0 atom stereocenters. The van der Waals surface area contributed by atoms with Crippen molar-refractivity contribution < 1.29 is 32.2 Å². The Kier molecular flexibility index (Phi) is 5.99. The molecular weight excluding hydrogens is 357 g/mol. The molecule has 0 aliphatic carbocycles. The summed E-state index contributed by atoms with van der Waals surface area (Å²) in [5.74, 6) is -1.92. The molecule has 0 saturated heterocycles. The molecule has 0 aliphatic heterocycles. The Morgan fingerprint density at radius 1 is 1.08 bits per heavy atom. The maximum absolute atomic E-state index is 12.0. The smallest absolute Gasteiger partial charge is 0.454 e. The first kappa shape index (κ1) is 19.0. The molecule has 1 amide bonds. The number of amides is 1. The summed E-state index contributed by atoms with van der Waals surface area (Å²) < 4.78 is 45.7. The van der Waals surface area contributed by atoms with E-state index in [2.05, 4.69) is 10.1 Å². The quantitative estimate of drug-likeness (QED) is 0.786. The first-order valence-corrected chi connectivity index (χ1v) is 7.20. The van der Waals surface area contributed by atoms with Gasteiger partial charge < -0.3 is 19.4 Å². The Balaban J connectivity index is 1.80. The van der Waals surface area contributed by atoms with E-state index in [0.717, 1.165) is 16.7 Å². The number of anilines is 1. The van der Waals surface area contributed by atoms with Crippen LogP contribution in [0.1, 0.15) is 0 Å². The molecule has 1 N–H and O–H groups in total. The molecular formula is C16H13F3N2O5. The van der Waals surface area contributed by atoms with E-state index in [9.17, 15) is 27.6 Å². The van der Waals surface area contributed by atoms with E-state index >= 15 is 0 Å². The molecule has 2 aromatic rings. The Morgan fingerprint density at radius 3 is 2.38 bits per heavy atom. The lowest BCUT2D eigenvalue weighted by atomic mass is 10.3. The van der Waals surface area contributed by atoms with Crippen molar-refractivity contribution in [3.8, 4) is 5.75 Å². The van der Waals surface area contributed by atoms with Crippen molar-refractivity contribution in [3.63, 3.8) is 0 Å². The van der Waals surface area contributed by atoms with Gasteiger partial charge in [-0.3, -0.25) is 14.4 Å². The fourth-order valence-corrected chi connectivity index (χ4v) is 1.86. The average molecular weight is 370 g/mol. The van der Waals surface area contributed by atoms with Crippen LogP contribution in [0, 0.1) is 0 Å². The highest BCUT2D eigenvalue weighted by molar-refractivity contribution is 5.92. The second-order valence-electron chi connectivity index (χ2n) is 4.95. The molecule has 1 aromatic carbocycles. The summed E-state index contributed by atoms with van der Waals surface area (Å²) >= 11 is 0. The van der Waals surface area contributed by atoms with Gasteiger partial charge in [0.25, 0.3) is 11.5 Å². The van der Waals surface area contributed by atoms with Crippen LogP contribution in [0.3, 0.4) is 0 Å². The number of nitrogens with zero attached hydrogens (tertiary/aromatic N) is 1. The monoisotopic (exact) mass is 370 g/mol. The zero-order chi connectivity index (χ0) is 19.2. The van der Waals surface area contributed by atoms with Crippen molar-refractivity contribution >= 4 is 17.6 Å². The molecule has 0 fully saturated rings. The molecule has 2 rings (SSSR count). The van der Waals surface area contributed by atoms with Crippen LogP contribution >= 0.6 is 0 Å². The minimum atomic E-state index is -4.81. The number of hydrogen-bond donors (Lipinski definition) is 1. The first-order chi connectivity index (χ1) is 12.2. The van der Waals surface area contributed by atoms with Gasteiger partial charge in [0.2, 0.25) is 0 Å². The van der Waals surface area contributed by atoms with Crippen LogP contribution in [0.25, 0.3) is 0 Å². The molecule has 26 heavy (non-hydrogen) atoms. The highest BCUT2D eigenvalue weighted by atomic mass is 19.4. The van der Waals surface area contributed by atoms with Crippen molar-refractivity contribution in [2.45, 2.75) is 12.9 Å². The highest BCUT2D eigenvalue weighted by Crippen LogP contribution is 2.23. The number of halogens is 3. The average Bonchev–Trinajstić information content (AvgIpc) is 2.56. The lowest BCUT2D eigenvalue weighted by Crippen LogP contribution is -2.26. The van der Waals surface area contributed by atoms with E-state index in [0.29, 0.717) is 0 Å². The van der Waals surface area contributed by atoms with Gasteiger partial charge in [-0.15, -0.1) is 13.2 Å². The zero-order valence-electron chi connectivity index (χ0n) is 13.2. The predicted octanol–water partition coefficient (Wildman–Crippen LogP) is 1.93. The summed E-state index contributed by atoms with van der Waals surface area (Å²) in [5, 5.41) is 2.34. The number of hydrogen-bond acceptors (Lipinski definition) is 5. The van der Waals surface area contributed by atoms with Gasteiger partial charge in [0, 0.05) is 18.0 Å². The normalized spacial score (nSPS) is 10.9. The number of pyridine rings is 1. The SMILES string of the molecule is O=C(COC(=O)Cn1ccccc1=O)Nc1ccc(OC(F)(F)F)cc1. The molecule has 0 unspecified atom stereocenters. The minimum Gasteiger partial charge on any atom is -0.454 e. The number of carbonyl (C=O) groups is 2. The van der Waals surface area contributed by atoms with Crippen LogP contribution < -0.4 is 15.6 Å². The third-order valence-electron chi connectivity index (χ3n) is 2.93. The van der Waals surface area contributed by atoms with Crippen LogP contribution in [0.5, 0.6) is 5.75 Å². The van der Waals surface area contributed by atoms with Crippen molar-refractivity contribution in [3.05, 3.63) is 59.0 Å². The lowest BCUT2D eigenvalue weighted by Gasteiger charge is -2.10. The van der Waals surface area contributed by atoms with Gasteiger partial charge in [-0.2, -0.15) is 0 Å². The molecule has 7 nitrogen and oxygen atoms in total. The molecule has 0 saturated carbocycles. The second-order valence-corrected chi connectivity index (χ2v) is 4.95. The second kappa shape index (κ2) is 8.19. The van der Waals surface area contributed by atoms with E-state index in [1.165, 1.54) is 30.5 Å². The third kappa shape index (κ3) is 6.30. The number of carbonyl (C=O) groups excluding carboxylic acids is 2. The molecule has 10 heteroatoms. The third-order valence-corrected chi connectivity index (χ3v) is 2.93. The van der Waals surface area contributed by atoms with E-state index in [1.54, 1.807) is 6.07 Å². The van der Waals surface area contributed by atoms with Gasteiger partial charge in [0.05, 0.1) is 0 Å². The van der Waals surface area contributed by atoms with Crippen molar-refractivity contribution in [1.82, 2.24) is 4.57 Å². The summed E-state index contributed by atoms with van der Waals surface area (Å²) in [6.45, 7) is -0.961. The molecule has 1 heterocycles. The van der Waals surface area contributed by atoms with E-state index < -0.39 is 36.2 Å². The number of ether oxygens (including phenoxy) is 2. The number of benzene rings is 1. The fourth-order valence-electron chi connectivity index (χ4n) is 1.86. The van der Waals surface area contributed by atoms with Gasteiger partial charge >= 0.3 is 12.3 Å². The molecule has 0 spiro atoms. The van der Waals surface area contributed by atoms with Crippen molar-refractivity contribution in [1.29, 1.82) is 0 Å². The lowest BCUT2D eigenvalue weighted by molar-refractivity contribution is -0.274. The molecule has 138 valence electrons. The van der Waals surface area contributed by atoms with Crippen LogP contribution in [-0.4, -0.2) is 29.4 Å².